The zero-order chi connectivity index (χ0) is 19.6. The van der Waals surface area contributed by atoms with E-state index in [0.29, 0.717) is 0 Å². The summed E-state index contributed by atoms with van der Waals surface area (Å²) in [7, 11) is 0. The van der Waals surface area contributed by atoms with Crippen molar-refractivity contribution < 1.29 is 142 Å². The zero-order valence-corrected chi connectivity index (χ0v) is 21.0. The Labute approximate surface area is 226 Å². The van der Waals surface area contributed by atoms with Crippen molar-refractivity contribution in [3.63, 3.8) is 0 Å². The van der Waals surface area contributed by atoms with Crippen LogP contribution in [0.25, 0.3) is 0 Å². The molecule has 2 heterocycles. The Morgan fingerprint density at radius 1 is 1.07 bits per heavy atom. The quantitative estimate of drug-likeness (QED) is 0.167. The molecule has 0 amide bonds. The maximum absolute atomic E-state index is 12.5. The molecule has 12 nitrogen and oxygen atoms in total. The van der Waals surface area contributed by atoms with E-state index in [4.69, 9.17) is 18.9 Å². The molecular formula is C14H24KNaO12. The normalized spacial score (nSPS) is 43.0. The monoisotopic (exact) mass is 446 g/mol. The standard InChI is InChI=1S/C14H23O12.K.Na.H/c1-5(17)23-4-14(12(22)9(19)7(3-16)25-14)26-13-11(21)10(20)8(18)6(2-15)24-13;;;/h6-13,15-16,18-21H,2-4H2,1H3;;;/q-1;2*+1;-1/t6-,7-,8-,9-,10+,11-,12+,13-,14+;;;/m1.../s1. The van der Waals surface area contributed by atoms with Crippen molar-refractivity contribution in [2.24, 2.45) is 0 Å². The van der Waals surface area contributed by atoms with Gasteiger partial charge in [-0.1, -0.05) is 0 Å². The molecule has 14 heteroatoms. The van der Waals surface area contributed by atoms with Gasteiger partial charge in [0, 0.05) is 6.92 Å². The molecule has 0 bridgehead atoms. The summed E-state index contributed by atoms with van der Waals surface area (Å²) in [4.78, 5) is 11.1. The number of hydrogen-bond acceptors (Lipinski definition) is 12. The average Bonchev–Trinajstić information content (AvgIpc) is 2.85. The maximum atomic E-state index is 12.5. The van der Waals surface area contributed by atoms with E-state index < -0.39 is 80.6 Å². The van der Waals surface area contributed by atoms with Gasteiger partial charge >= 0.3 is 86.9 Å². The summed E-state index contributed by atoms with van der Waals surface area (Å²) in [6.07, 6.45) is -13.5. The molecule has 0 saturated carbocycles. The molecule has 0 radical (unpaired) electrons. The number of aliphatic hydroxyl groups is 6. The molecule has 28 heavy (non-hydrogen) atoms. The van der Waals surface area contributed by atoms with E-state index in [0.717, 1.165) is 6.92 Å². The van der Waals surface area contributed by atoms with Gasteiger partial charge in [0.25, 0.3) is 0 Å². The van der Waals surface area contributed by atoms with Crippen LogP contribution in [0.15, 0.2) is 0 Å². The largest absolute Gasteiger partial charge is 1.00 e. The molecule has 0 aromatic heterocycles. The van der Waals surface area contributed by atoms with E-state index in [1.54, 1.807) is 0 Å². The van der Waals surface area contributed by atoms with Gasteiger partial charge in [0.15, 0.2) is 12.1 Å². The summed E-state index contributed by atoms with van der Waals surface area (Å²) >= 11 is 0. The van der Waals surface area contributed by atoms with Gasteiger partial charge < -0.3 is 56.1 Å². The second-order valence-electron chi connectivity index (χ2n) is 6.16. The molecule has 2 saturated heterocycles. The first kappa shape index (κ1) is 29.7. The van der Waals surface area contributed by atoms with E-state index in [9.17, 15) is 40.5 Å². The maximum Gasteiger partial charge on any atom is 1.00 e. The first-order valence-corrected chi connectivity index (χ1v) is 7.91. The molecule has 0 spiro atoms. The first-order chi connectivity index (χ1) is 12.2. The molecule has 6 N–H and O–H groups in total. The third-order valence-corrected chi connectivity index (χ3v) is 4.30. The number of hydrogen-bond donors (Lipinski definition) is 6. The summed E-state index contributed by atoms with van der Waals surface area (Å²) in [6, 6.07) is 0. The van der Waals surface area contributed by atoms with Crippen molar-refractivity contribution in [3.8, 4) is 0 Å². The third kappa shape index (κ3) is 6.37. The fourth-order valence-electron chi connectivity index (χ4n) is 2.80. The minimum Gasteiger partial charge on any atom is -1.00 e. The van der Waals surface area contributed by atoms with E-state index in [1.807, 2.05) is 0 Å². The van der Waals surface area contributed by atoms with Gasteiger partial charge in [0.1, 0.15) is 37.1 Å². The van der Waals surface area contributed by atoms with Crippen LogP contribution in [0, 0.1) is 0 Å². The first-order valence-electron chi connectivity index (χ1n) is 7.91. The van der Waals surface area contributed by atoms with Gasteiger partial charge in [-0.05, 0) is 6.10 Å². The SMILES string of the molecule is CC(=O)OC[C@@]1(O[C@H]2O[C@H](CO)[C@@H](O)[C@H](O)[C@H]2O)O[C@H](CO)[C@@H](O)[C@@H]1[O-].[H-].[K+].[Na+]. The molecule has 2 aliphatic heterocycles. The van der Waals surface area contributed by atoms with Crippen LogP contribution in [0.1, 0.15) is 8.35 Å². The Hall–Kier alpha value is 1.71. The zero-order valence-electron chi connectivity index (χ0n) is 16.9. The van der Waals surface area contributed by atoms with E-state index in [-0.39, 0.29) is 82.4 Å². The molecule has 0 unspecified atom stereocenters. The van der Waals surface area contributed by atoms with Crippen LogP contribution < -0.4 is 86.0 Å². The van der Waals surface area contributed by atoms with Crippen LogP contribution in [-0.2, 0) is 23.7 Å². The van der Waals surface area contributed by atoms with Gasteiger partial charge in [0.05, 0.1) is 19.3 Å². The van der Waals surface area contributed by atoms with Crippen LogP contribution in [0.4, 0.5) is 0 Å². The van der Waals surface area contributed by atoms with Crippen molar-refractivity contribution >= 4 is 5.97 Å². The fraction of sp³-hybridized carbons (Fsp3) is 0.929. The van der Waals surface area contributed by atoms with Crippen LogP contribution in [-0.4, -0.2) is 111 Å². The van der Waals surface area contributed by atoms with Crippen molar-refractivity contribution in [2.45, 2.75) is 61.7 Å². The van der Waals surface area contributed by atoms with Crippen LogP contribution in [0.3, 0.4) is 0 Å². The molecule has 0 aromatic rings. The minimum absolute atomic E-state index is 0. The predicted octanol–water partition coefficient (Wildman–Crippen LogP) is -11.3. The van der Waals surface area contributed by atoms with E-state index >= 15 is 0 Å². The number of aliphatic hydroxyl groups excluding tert-OH is 6. The van der Waals surface area contributed by atoms with E-state index in [2.05, 4.69) is 0 Å². The predicted molar refractivity (Wildman–Crippen MR) is 77.1 cm³/mol. The van der Waals surface area contributed by atoms with Crippen LogP contribution in [0.5, 0.6) is 0 Å². The van der Waals surface area contributed by atoms with Crippen LogP contribution in [0.2, 0.25) is 0 Å². The Morgan fingerprint density at radius 3 is 2.11 bits per heavy atom. The number of rotatable bonds is 6. The van der Waals surface area contributed by atoms with Crippen molar-refractivity contribution in [1.82, 2.24) is 0 Å². The number of carbonyl (C=O) groups excluding carboxylic acids is 1. The van der Waals surface area contributed by atoms with Gasteiger partial charge in [-0.15, -0.1) is 0 Å². The van der Waals surface area contributed by atoms with Gasteiger partial charge in [0.2, 0.25) is 0 Å². The van der Waals surface area contributed by atoms with E-state index in [1.165, 1.54) is 0 Å². The number of carbonyl (C=O) groups is 1. The summed E-state index contributed by atoms with van der Waals surface area (Å²) in [5.74, 6) is -3.13. The Balaban J connectivity index is 0. The summed E-state index contributed by atoms with van der Waals surface area (Å²) in [5, 5.41) is 70.3. The van der Waals surface area contributed by atoms with Gasteiger partial charge in [-0.3, -0.25) is 4.79 Å². The molecule has 0 aromatic carbocycles. The molecule has 2 aliphatic rings. The summed E-state index contributed by atoms with van der Waals surface area (Å²) in [5.41, 5.74) is 0. The van der Waals surface area contributed by atoms with Crippen LogP contribution >= 0.6 is 0 Å². The van der Waals surface area contributed by atoms with Crippen molar-refractivity contribution in [2.75, 3.05) is 19.8 Å². The summed E-state index contributed by atoms with van der Waals surface area (Å²) < 4.78 is 20.5. The second kappa shape index (κ2) is 12.7. The Bertz CT molecular complexity index is 505. The Kier molecular flexibility index (Phi) is 13.4. The fourth-order valence-corrected chi connectivity index (χ4v) is 2.80. The number of esters is 1. The smallest absolute Gasteiger partial charge is 1.00 e. The van der Waals surface area contributed by atoms with Crippen molar-refractivity contribution in [1.29, 1.82) is 0 Å². The topological polar surface area (TPSA) is 198 Å². The van der Waals surface area contributed by atoms with Crippen molar-refractivity contribution in [3.05, 3.63) is 0 Å². The molecule has 2 fully saturated rings. The van der Waals surface area contributed by atoms with Gasteiger partial charge in [-0.25, -0.2) is 0 Å². The third-order valence-electron chi connectivity index (χ3n) is 4.30. The summed E-state index contributed by atoms with van der Waals surface area (Å²) in [6.45, 7) is -1.21. The molecular weight excluding hydrogens is 422 g/mol. The minimum atomic E-state index is -2.34. The number of ether oxygens (including phenoxy) is 4. The molecule has 154 valence electrons. The van der Waals surface area contributed by atoms with Gasteiger partial charge in [-0.2, -0.15) is 0 Å². The second-order valence-corrected chi connectivity index (χ2v) is 6.16. The average molecular weight is 446 g/mol. The molecule has 2 rings (SSSR count). The molecule has 9 atom stereocenters. The molecule has 0 aliphatic carbocycles. The Morgan fingerprint density at radius 2 is 1.64 bits per heavy atom.